The first-order valence-corrected chi connectivity index (χ1v) is 10.0. The van der Waals surface area contributed by atoms with Crippen molar-refractivity contribution >= 4 is 47.2 Å². The van der Waals surface area contributed by atoms with E-state index in [1.54, 1.807) is 11.3 Å². The van der Waals surface area contributed by atoms with Crippen molar-refractivity contribution in [1.29, 1.82) is 0 Å². The van der Waals surface area contributed by atoms with E-state index in [1.165, 1.54) is 5.56 Å². The molecule has 3 heterocycles. The van der Waals surface area contributed by atoms with Gasteiger partial charge in [0.15, 0.2) is 5.96 Å². The van der Waals surface area contributed by atoms with Gasteiger partial charge in [0.1, 0.15) is 6.10 Å². The number of hydrogen-bond donors (Lipinski definition) is 1. The lowest BCUT2D eigenvalue weighted by Crippen LogP contribution is -2.55. The van der Waals surface area contributed by atoms with Crippen LogP contribution in [0.1, 0.15) is 31.2 Å². The van der Waals surface area contributed by atoms with Crippen LogP contribution in [0.2, 0.25) is 0 Å². The molecule has 0 aromatic carbocycles. The summed E-state index contributed by atoms with van der Waals surface area (Å²) < 4.78 is 5.52. The quantitative estimate of drug-likeness (QED) is 0.399. The van der Waals surface area contributed by atoms with Crippen LogP contribution in [0.3, 0.4) is 0 Å². The van der Waals surface area contributed by atoms with Gasteiger partial charge in [-0.2, -0.15) is 11.3 Å². The SMILES string of the molecule is CN=C(NCC(C)c1ccsc1)N1CCN(C(=O)C2CCCO2)CC1.I. The normalized spacial score (nSPS) is 22.1. The molecule has 0 spiro atoms. The number of piperazine rings is 1. The van der Waals surface area contributed by atoms with Crippen LogP contribution in [0.25, 0.3) is 0 Å². The number of hydrogen-bond acceptors (Lipinski definition) is 4. The molecule has 146 valence electrons. The van der Waals surface area contributed by atoms with Crippen LogP contribution in [0.15, 0.2) is 21.8 Å². The minimum atomic E-state index is -0.213. The van der Waals surface area contributed by atoms with E-state index >= 15 is 0 Å². The van der Waals surface area contributed by atoms with Crippen LogP contribution in [0.5, 0.6) is 0 Å². The summed E-state index contributed by atoms with van der Waals surface area (Å²) in [6.07, 6.45) is 1.65. The Morgan fingerprint density at radius 3 is 2.69 bits per heavy atom. The average Bonchev–Trinajstić information content (AvgIpc) is 3.35. The second-order valence-corrected chi connectivity index (χ2v) is 7.48. The fourth-order valence-corrected chi connectivity index (χ4v) is 4.15. The maximum absolute atomic E-state index is 12.4. The number of amides is 1. The average molecular weight is 492 g/mol. The van der Waals surface area contributed by atoms with Crippen LogP contribution < -0.4 is 5.32 Å². The number of guanidine groups is 1. The third-order valence-corrected chi connectivity index (χ3v) is 5.69. The first-order valence-electron chi connectivity index (χ1n) is 9.07. The lowest BCUT2D eigenvalue weighted by Gasteiger charge is -2.37. The van der Waals surface area contributed by atoms with Gasteiger partial charge in [0.05, 0.1) is 0 Å². The van der Waals surface area contributed by atoms with Crippen molar-refractivity contribution < 1.29 is 9.53 Å². The summed E-state index contributed by atoms with van der Waals surface area (Å²) >= 11 is 1.73. The monoisotopic (exact) mass is 492 g/mol. The van der Waals surface area contributed by atoms with Crippen molar-refractivity contribution in [2.45, 2.75) is 31.8 Å². The molecule has 0 radical (unpaired) electrons. The topological polar surface area (TPSA) is 57.2 Å². The van der Waals surface area contributed by atoms with Gasteiger partial charge in [0.2, 0.25) is 0 Å². The molecule has 2 unspecified atom stereocenters. The Morgan fingerprint density at radius 2 is 2.12 bits per heavy atom. The van der Waals surface area contributed by atoms with Crippen LogP contribution in [-0.4, -0.2) is 74.1 Å². The lowest BCUT2D eigenvalue weighted by atomic mass is 10.1. The predicted molar refractivity (Wildman–Crippen MR) is 117 cm³/mol. The number of halogens is 1. The predicted octanol–water partition coefficient (Wildman–Crippen LogP) is 2.37. The van der Waals surface area contributed by atoms with E-state index in [9.17, 15) is 4.79 Å². The number of nitrogens with one attached hydrogen (secondary N) is 1. The number of carbonyl (C=O) groups excluding carboxylic acids is 1. The van der Waals surface area contributed by atoms with Crippen molar-refractivity contribution in [3.63, 3.8) is 0 Å². The Morgan fingerprint density at radius 1 is 1.38 bits per heavy atom. The first-order chi connectivity index (χ1) is 12.2. The molecule has 8 heteroatoms. The molecule has 1 N–H and O–H groups in total. The molecule has 2 aliphatic heterocycles. The maximum Gasteiger partial charge on any atom is 0.251 e. The van der Waals surface area contributed by atoms with Crippen molar-refractivity contribution in [2.24, 2.45) is 4.99 Å². The number of aliphatic imine (C=N–C) groups is 1. The molecule has 3 rings (SSSR count). The van der Waals surface area contributed by atoms with E-state index in [2.05, 4.69) is 39.0 Å². The fraction of sp³-hybridized carbons (Fsp3) is 0.667. The van der Waals surface area contributed by atoms with E-state index in [-0.39, 0.29) is 36.0 Å². The lowest BCUT2D eigenvalue weighted by molar-refractivity contribution is -0.142. The molecule has 2 atom stereocenters. The molecule has 2 aliphatic rings. The second-order valence-electron chi connectivity index (χ2n) is 6.70. The van der Waals surface area contributed by atoms with Crippen LogP contribution >= 0.6 is 35.3 Å². The summed E-state index contributed by atoms with van der Waals surface area (Å²) in [5.41, 5.74) is 1.36. The molecule has 2 saturated heterocycles. The van der Waals surface area contributed by atoms with Crippen molar-refractivity contribution in [2.75, 3.05) is 46.4 Å². The Kier molecular flexibility index (Phi) is 8.62. The molecule has 26 heavy (non-hydrogen) atoms. The van der Waals surface area contributed by atoms with Gasteiger partial charge in [-0.3, -0.25) is 9.79 Å². The van der Waals surface area contributed by atoms with Gasteiger partial charge in [-0.15, -0.1) is 24.0 Å². The fourth-order valence-electron chi connectivity index (χ4n) is 3.36. The highest BCUT2D eigenvalue weighted by molar-refractivity contribution is 14.0. The zero-order chi connectivity index (χ0) is 17.6. The summed E-state index contributed by atoms with van der Waals surface area (Å²) in [7, 11) is 1.82. The van der Waals surface area contributed by atoms with E-state index in [0.29, 0.717) is 5.92 Å². The van der Waals surface area contributed by atoms with E-state index in [0.717, 1.165) is 58.1 Å². The molecular formula is C18H29IN4O2S. The number of thiophene rings is 1. The molecule has 2 fully saturated rings. The smallest absolute Gasteiger partial charge is 0.251 e. The highest BCUT2D eigenvalue weighted by Gasteiger charge is 2.30. The van der Waals surface area contributed by atoms with Gasteiger partial charge in [-0.25, -0.2) is 0 Å². The zero-order valence-corrected chi connectivity index (χ0v) is 18.7. The molecule has 1 aromatic rings. The highest BCUT2D eigenvalue weighted by Crippen LogP contribution is 2.18. The van der Waals surface area contributed by atoms with Crippen LogP contribution in [0.4, 0.5) is 0 Å². The Hall–Kier alpha value is -0.870. The number of ether oxygens (including phenoxy) is 1. The van der Waals surface area contributed by atoms with E-state index < -0.39 is 0 Å². The maximum atomic E-state index is 12.4. The Bertz CT molecular complexity index is 582. The molecule has 0 aliphatic carbocycles. The standard InChI is InChI=1S/C18H28N4O2S.HI/c1-14(15-5-11-25-13-15)12-20-18(19-2)22-8-6-21(7-9-22)17(23)16-4-3-10-24-16;/h5,11,13-14,16H,3-4,6-10,12H2,1-2H3,(H,19,20);1H. The van der Waals surface area contributed by atoms with Gasteiger partial charge >= 0.3 is 0 Å². The van der Waals surface area contributed by atoms with E-state index in [4.69, 9.17) is 4.74 Å². The first kappa shape index (κ1) is 21.4. The minimum absolute atomic E-state index is 0. The summed E-state index contributed by atoms with van der Waals surface area (Å²) in [4.78, 5) is 21.0. The molecule has 1 amide bonds. The second kappa shape index (κ2) is 10.5. The van der Waals surface area contributed by atoms with E-state index in [1.807, 2.05) is 11.9 Å². The largest absolute Gasteiger partial charge is 0.368 e. The van der Waals surface area contributed by atoms with Gasteiger partial charge < -0.3 is 19.9 Å². The van der Waals surface area contributed by atoms with Gasteiger partial charge in [-0.1, -0.05) is 6.92 Å². The third-order valence-electron chi connectivity index (χ3n) is 4.99. The van der Waals surface area contributed by atoms with Gasteiger partial charge in [0, 0.05) is 46.4 Å². The van der Waals surface area contributed by atoms with Crippen molar-refractivity contribution in [1.82, 2.24) is 15.1 Å². The van der Waals surface area contributed by atoms with Gasteiger partial charge in [0.25, 0.3) is 5.91 Å². The summed E-state index contributed by atoms with van der Waals surface area (Å²) in [6.45, 7) is 6.89. The third kappa shape index (κ3) is 5.32. The van der Waals surface area contributed by atoms with Crippen LogP contribution in [-0.2, 0) is 9.53 Å². The van der Waals surface area contributed by atoms with Crippen molar-refractivity contribution in [3.8, 4) is 0 Å². The Labute approximate surface area is 177 Å². The molecule has 6 nitrogen and oxygen atoms in total. The summed E-state index contributed by atoms with van der Waals surface area (Å²) in [6, 6.07) is 2.18. The van der Waals surface area contributed by atoms with Crippen molar-refractivity contribution in [3.05, 3.63) is 22.4 Å². The summed E-state index contributed by atoms with van der Waals surface area (Å²) in [5.74, 6) is 1.53. The Balaban J connectivity index is 0.00000243. The number of nitrogens with zero attached hydrogens (tertiary/aromatic N) is 3. The highest BCUT2D eigenvalue weighted by atomic mass is 127. The molecular weight excluding hydrogens is 463 g/mol. The zero-order valence-electron chi connectivity index (χ0n) is 15.5. The number of rotatable bonds is 4. The molecule has 1 aromatic heterocycles. The summed E-state index contributed by atoms with van der Waals surface area (Å²) in [5, 5.41) is 7.79. The van der Waals surface area contributed by atoms with Crippen LogP contribution in [0, 0.1) is 0 Å². The molecule has 0 saturated carbocycles. The molecule has 0 bridgehead atoms. The van der Waals surface area contributed by atoms with Gasteiger partial charge in [-0.05, 0) is 41.1 Å². The minimum Gasteiger partial charge on any atom is -0.368 e. The number of carbonyl (C=O) groups is 1.